The standard InChI is InChI=1S/C16H20N2O2S/c1-16(7-4-10-21-16)12-18-15(20)14-6-8-17-11-13(14)5-2-3-9-19/h6,8,11,19H,3-4,7,9-10,12H2,1H3,(H,18,20). The molecule has 5 heteroatoms. The average Bonchev–Trinajstić information content (AvgIpc) is 2.93. The Balaban J connectivity index is 2.03. The normalized spacial score (nSPS) is 20.7. The zero-order valence-electron chi connectivity index (χ0n) is 12.2. The molecule has 2 heterocycles. The van der Waals surface area contributed by atoms with Crippen molar-refractivity contribution in [2.24, 2.45) is 0 Å². The summed E-state index contributed by atoms with van der Waals surface area (Å²) in [5, 5.41) is 11.8. The third-order valence-corrected chi connectivity index (χ3v) is 4.99. The van der Waals surface area contributed by atoms with Crippen molar-refractivity contribution in [3.8, 4) is 11.8 Å². The van der Waals surface area contributed by atoms with Gasteiger partial charge in [-0.2, -0.15) is 11.8 Å². The summed E-state index contributed by atoms with van der Waals surface area (Å²) in [5.74, 6) is 6.78. The van der Waals surface area contributed by atoms with E-state index in [0.29, 0.717) is 24.1 Å². The summed E-state index contributed by atoms with van der Waals surface area (Å²) in [6, 6.07) is 1.68. The minimum atomic E-state index is -0.112. The molecule has 1 aromatic heterocycles. The maximum absolute atomic E-state index is 12.3. The van der Waals surface area contributed by atoms with Crippen molar-refractivity contribution in [2.75, 3.05) is 18.9 Å². The van der Waals surface area contributed by atoms with Crippen LogP contribution in [0.4, 0.5) is 0 Å². The first-order chi connectivity index (χ1) is 10.1. The first-order valence-electron chi connectivity index (χ1n) is 7.10. The average molecular weight is 304 g/mol. The third kappa shape index (κ3) is 4.48. The summed E-state index contributed by atoms with van der Waals surface area (Å²) in [6.45, 7) is 2.88. The second kappa shape index (κ2) is 7.48. The van der Waals surface area contributed by atoms with Gasteiger partial charge in [0.25, 0.3) is 5.91 Å². The number of hydrogen-bond acceptors (Lipinski definition) is 4. The van der Waals surface area contributed by atoms with Crippen LogP contribution < -0.4 is 5.32 Å². The molecule has 1 atom stereocenters. The van der Waals surface area contributed by atoms with Crippen molar-refractivity contribution in [1.82, 2.24) is 10.3 Å². The number of carbonyl (C=O) groups is 1. The van der Waals surface area contributed by atoms with Crippen LogP contribution in [0.5, 0.6) is 0 Å². The van der Waals surface area contributed by atoms with Crippen molar-refractivity contribution < 1.29 is 9.90 Å². The SMILES string of the molecule is CC1(CNC(=O)c2ccncc2C#CCCO)CCCS1. The largest absolute Gasteiger partial charge is 0.395 e. The van der Waals surface area contributed by atoms with Crippen molar-refractivity contribution in [3.63, 3.8) is 0 Å². The van der Waals surface area contributed by atoms with E-state index in [2.05, 4.69) is 29.1 Å². The topological polar surface area (TPSA) is 62.2 Å². The van der Waals surface area contributed by atoms with E-state index in [1.165, 1.54) is 12.2 Å². The molecule has 1 fully saturated rings. The molecule has 0 aliphatic carbocycles. The molecule has 1 aromatic rings. The number of nitrogens with zero attached hydrogens (tertiary/aromatic N) is 1. The zero-order valence-corrected chi connectivity index (χ0v) is 13.0. The molecule has 1 unspecified atom stereocenters. The minimum Gasteiger partial charge on any atom is -0.395 e. The molecule has 2 rings (SSSR count). The maximum atomic E-state index is 12.3. The lowest BCUT2D eigenvalue weighted by Gasteiger charge is -2.22. The molecule has 1 aliphatic heterocycles. The van der Waals surface area contributed by atoms with Crippen molar-refractivity contribution in [2.45, 2.75) is 30.9 Å². The summed E-state index contributed by atoms with van der Waals surface area (Å²) in [5.41, 5.74) is 1.15. The van der Waals surface area contributed by atoms with Gasteiger partial charge in [0.1, 0.15) is 0 Å². The number of pyridine rings is 1. The third-order valence-electron chi connectivity index (χ3n) is 3.45. The lowest BCUT2D eigenvalue weighted by molar-refractivity contribution is 0.0949. The summed E-state index contributed by atoms with van der Waals surface area (Å²) in [7, 11) is 0. The van der Waals surface area contributed by atoms with Gasteiger partial charge in [-0.05, 0) is 31.6 Å². The van der Waals surface area contributed by atoms with E-state index in [-0.39, 0.29) is 17.3 Å². The number of nitrogens with one attached hydrogen (secondary N) is 1. The van der Waals surface area contributed by atoms with E-state index in [1.54, 1.807) is 18.5 Å². The molecular weight excluding hydrogens is 284 g/mol. The fourth-order valence-corrected chi connectivity index (χ4v) is 3.49. The molecule has 0 radical (unpaired) electrons. The number of amides is 1. The smallest absolute Gasteiger partial charge is 0.252 e. The predicted octanol–water partition coefficient (Wildman–Crippen LogP) is 1.83. The number of thioether (sulfide) groups is 1. The number of carbonyl (C=O) groups excluding carboxylic acids is 1. The van der Waals surface area contributed by atoms with Gasteiger partial charge in [-0.1, -0.05) is 11.8 Å². The number of hydrogen-bond donors (Lipinski definition) is 2. The van der Waals surface area contributed by atoms with E-state index in [1.807, 2.05) is 11.8 Å². The minimum absolute atomic E-state index is 0.0182. The van der Waals surface area contributed by atoms with Crippen LogP contribution in [0.3, 0.4) is 0 Å². The van der Waals surface area contributed by atoms with E-state index < -0.39 is 0 Å². The summed E-state index contributed by atoms with van der Waals surface area (Å²) in [6.07, 6.45) is 5.93. The zero-order chi connectivity index (χ0) is 15.1. The molecule has 2 N–H and O–H groups in total. The van der Waals surface area contributed by atoms with Gasteiger partial charge in [0.2, 0.25) is 0 Å². The summed E-state index contributed by atoms with van der Waals surface area (Å²) in [4.78, 5) is 16.3. The van der Waals surface area contributed by atoms with Gasteiger partial charge in [-0.25, -0.2) is 0 Å². The summed E-state index contributed by atoms with van der Waals surface area (Å²) < 4.78 is 0.144. The van der Waals surface area contributed by atoms with Gasteiger partial charge >= 0.3 is 0 Å². The Bertz CT molecular complexity index is 557. The number of aliphatic hydroxyl groups is 1. The Hall–Kier alpha value is -1.51. The van der Waals surface area contributed by atoms with E-state index in [0.717, 1.165) is 6.42 Å². The van der Waals surface area contributed by atoms with Gasteiger partial charge < -0.3 is 10.4 Å². The van der Waals surface area contributed by atoms with E-state index in [4.69, 9.17) is 5.11 Å². The van der Waals surface area contributed by atoms with Gasteiger partial charge in [0, 0.05) is 30.1 Å². The Morgan fingerprint density at radius 1 is 1.62 bits per heavy atom. The van der Waals surface area contributed by atoms with Crippen molar-refractivity contribution >= 4 is 17.7 Å². The Labute approximate surface area is 129 Å². The van der Waals surface area contributed by atoms with Crippen LogP contribution in [0.25, 0.3) is 0 Å². The maximum Gasteiger partial charge on any atom is 0.252 e. The highest BCUT2D eigenvalue weighted by Crippen LogP contribution is 2.36. The highest BCUT2D eigenvalue weighted by atomic mass is 32.2. The fraction of sp³-hybridized carbons (Fsp3) is 0.500. The highest BCUT2D eigenvalue weighted by molar-refractivity contribution is 8.00. The molecule has 4 nitrogen and oxygen atoms in total. The number of aliphatic hydroxyl groups excluding tert-OH is 1. The molecule has 1 amide bonds. The lowest BCUT2D eigenvalue weighted by atomic mass is 10.1. The second-order valence-corrected chi connectivity index (χ2v) is 6.96. The number of rotatable bonds is 4. The van der Waals surface area contributed by atoms with Crippen molar-refractivity contribution in [3.05, 3.63) is 29.6 Å². The molecule has 112 valence electrons. The Morgan fingerprint density at radius 2 is 2.48 bits per heavy atom. The molecule has 0 spiro atoms. The molecule has 0 saturated carbocycles. The van der Waals surface area contributed by atoms with Crippen molar-refractivity contribution in [1.29, 1.82) is 0 Å². The lowest BCUT2D eigenvalue weighted by Crippen LogP contribution is -2.37. The predicted molar refractivity (Wildman–Crippen MR) is 85.2 cm³/mol. The van der Waals surface area contributed by atoms with Crippen LogP contribution in [0.2, 0.25) is 0 Å². The summed E-state index contributed by atoms with van der Waals surface area (Å²) >= 11 is 1.92. The molecule has 1 aliphatic rings. The molecular formula is C16H20N2O2S. The van der Waals surface area contributed by atoms with Crippen LogP contribution in [0.1, 0.15) is 42.1 Å². The van der Waals surface area contributed by atoms with Gasteiger partial charge in [0.05, 0.1) is 17.7 Å². The van der Waals surface area contributed by atoms with Gasteiger partial charge in [0.15, 0.2) is 0 Å². The van der Waals surface area contributed by atoms with Gasteiger partial charge in [-0.15, -0.1) is 0 Å². The first kappa shape index (κ1) is 15.9. The van der Waals surface area contributed by atoms with E-state index >= 15 is 0 Å². The highest BCUT2D eigenvalue weighted by Gasteiger charge is 2.29. The Morgan fingerprint density at radius 3 is 3.19 bits per heavy atom. The molecule has 0 bridgehead atoms. The monoisotopic (exact) mass is 304 g/mol. The number of aromatic nitrogens is 1. The Kier molecular flexibility index (Phi) is 5.66. The van der Waals surface area contributed by atoms with Crippen LogP contribution in [-0.4, -0.2) is 39.6 Å². The van der Waals surface area contributed by atoms with Gasteiger partial charge in [-0.3, -0.25) is 9.78 Å². The van der Waals surface area contributed by atoms with Crippen LogP contribution in [0, 0.1) is 11.8 Å². The first-order valence-corrected chi connectivity index (χ1v) is 8.09. The second-order valence-electron chi connectivity index (χ2n) is 5.28. The molecule has 0 aromatic carbocycles. The molecule has 21 heavy (non-hydrogen) atoms. The van der Waals surface area contributed by atoms with Crippen LogP contribution in [0.15, 0.2) is 18.5 Å². The fourth-order valence-electron chi connectivity index (χ4n) is 2.24. The quantitative estimate of drug-likeness (QED) is 0.833. The van der Waals surface area contributed by atoms with E-state index in [9.17, 15) is 4.79 Å². The van der Waals surface area contributed by atoms with Crippen LogP contribution in [-0.2, 0) is 0 Å². The molecule has 1 saturated heterocycles. The van der Waals surface area contributed by atoms with Crippen LogP contribution >= 0.6 is 11.8 Å².